The molecule has 0 radical (unpaired) electrons. The van der Waals surface area contributed by atoms with Crippen molar-refractivity contribution in [3.8, 4) is 27.8 Å². The standard InChI is InChI=1S/C18H13N3OS/c1-22-12-7-8-14-13(11-12)17(15-5-2-3-9-19-15)21-18(20-14)16-6-4-10-23-16/h2-11H,1H3. The van der Waals surface area contributed by atoms with Gasteiger partial charge in [0.05, 0.1) is 23.2 Å². The van der Waals surface area contributed by atoms with Gasteiger partial charge in [0.2, 0.25) is 0 Å². The molecule has 112 valence electrons. The second-order valence-corrected chi connectivity index (χ2v) is 5.92. The van der Waals surface area contributed by atoms with Gasteiger partial charge in [-0.25, -0.2) is 9.97 Å². The number of fused-ring (bicyclic) bond motifs is 1. The first kappa shape index (κ1) is 13.8. The van der Waals surface area contributed by atoms with E-state index in [-0.39, 0.29) is 0 Å². The molecule has 23 heavy (non-hydrogen) atoms. The van der Waals surface area contributed by atoms with Crippen molar-refractivity contribution in [2.75, 3.05) is 7.11 Å². The van der Waals surface area contributed by atoms with E-state index in [0.717, 1.165) is 38.7 Å². The molecule has 4 aromatic rings. The lowest BCUT2D eigenvalue weighted by Gasteiger charge is -2.09. The Bertz CT molecular complexity index is 953. The first-order valence-corrected chi connectivity index (χ1v) is 8.04. The van der Waals surface area contributed by atoms with Crippen LogP contribution >= 0.6 is 11.3 Å². The lowest BCUT2D eigenvalue weighted by Crippen LogP contribution is -1.96. The van der Waals surface area contributed by atoms with Gasteiger partial charge in [-0.05, 0) is 41.8 Å². The summed E-state index contributed by atoms with van der Waals surface area (Å²) in [4.78, 5) is 15.0. The molecule has 1 aromatic carbocycles. The highest BCUT2D eigenvalue weighted by atomic mass is 32.1. The molecular weight excluding hydrogens is 306 g/mol. The van der Waals surface area contributed by atoms with Crippen molar-refractivity contribution < 1.29 is 4.74 Å². The molecule has 0 fully saturated rings. The molecule has 4 nitrogen and oxygen atoms in total. The summed E-state index contributed by atoms with van der Waals surface area (Å²) in [5.74, 6) is 1.50. The van der Waals surface area contributed by atoms with Gasteiger partial charge in [-0.1, -0.05) is 12.1 Å². The van der Waals surface area contributed by atoms with Crippen molar-refractivity contribution in [3.63, 3.8) is 0 Å². The third-order valence-corrected chi connectivity index (χ3v) is 4.42. The normalized spacial score (nSPS) is 10.8. The Kier molecular flexibility index (Phi) is 3.48. The Morgan fingerprint density at radius 3 is 2.70 bits per heavy atom. The van der Waals surface area contributed by atoms with E-state index in [1.165, 1.54) is 0 Å². The van der Waals surface area contributed by atoms with Crippen LogP contribution in [0.25, 0.3) is 33.0 Å². The Morgan fingerprint density at radius 2 is 1.96 bits per heavy atom. The van der Waals surface area contributed by atoms with Crippen LogP contribution < -0.4 is 4.74 Å². The highest BCUT2D eigenvalue weighted by Gasteiger charge is 2.13. The number of benzene rings is 1. The Balaban J connectivity index is 2.03. The van der Waals surface area contributed by atoms with Crippen LogP contribution in [-0.2, 0) is 0 Å². The third kappa shape index (κ3) is 2.55. The number of hydrogen-bond donors (Lipinski definition) is 0. The van der Waals surface area contributed by atoms with E-state index >= 15 is 0 Å². The van der Waals surface area contributed by atoms with E-state index in [1.807, 2.05) is 53.9 Å². The van der Waals surface area contributed by atoms with Crippen LogP contribution in [0.2, 0.25) is 0 Å². The summed E-state index contributed by atoms with van der Waals surface area (Å²) in [5.41, 5.74) is 2.52. The number of rotatable bonds is 3. The van der Waals surface area contributed by atoms with E-state index in [0.29, 0.717) is 0 Å². The number of pyridine rings is 1. The monoisotopic (exact) mass is 319 g/mol. The van der Waals surface area contributed by atoms with E-state index in [9.17, 15) is 0 Å². The molecule has 0 saturated carbocycles. The van der Waals surface area contributed by atoms with Gasteiger partial charge in [-0.3, -0.25) is 4.98 Å². The maximum absolute atomic E-state index is 5.34. The molecule has 0 bridgehead atoms. The number of hydrogen-bond acceptors (Lipinski definition) is 5. The minimum absolute atomic E-state index is 0.721. The Hall–Kier alpha value is -2.79. The van der Waals surface area contributed by atoms with Crippen LogP contribution in [0.15, 0.2) is 60.1 Å². The third-order valence-electron chi connectivity index (χ3n) is 3.55. The summed E-state index contributed by atoms with van der Waals surface area (Å²) in [6.45, 7) is 0. The summed E-state index contributed by atoms with van der Waals surface area (Å²) >= 11 is 1.63. The van der Waals surface area contributed by atoms with Crippen LogP contribution in [0.5, 0.6) is 5.75 Å². The minimum Gasteiger partial charge on any atom is -0.497 e. The summed E-state index contributed by atoms with van der Waals surface area (Å²) in [6, 6.07) is 15.7. The fourth-order valence-corrected chi connectivity index (χ4v) is 3.11. The number of ether oxygens (including phenoxy) is 1. The second kappa shape index (κ2) is 5.78. The number of thiophene rings is 1. The molecule has 0 unspecified atom stereocenters. The topological polar surface area (TPSA) is 47.9 Å². The molecule has 0 aliphatic rings. The van der Waals surface area contributed by atoms with Crippen molar-refractivity contribution >= 4 is 22.2 Å². The lowest BCUT2D eigenvalue weighted by atomic mass is 10.1. The van der Waals surface area contributed by atoms with Gasteiger partial charge in [-0.2, -0.15) is 0 Å². The molecule has 0 saturated heterocycles. The average molecular weight is 319 g/mol. The van der Waals surface area contributed by atoms with E-state index < -0.39 is 0 Å². The summed E-state index contributed by atoms with van der Waals surface area (Å²) < 4.78 is 5.34. The number of methoxy groups -OCH3 is 1. The number of aromatic nitrogens is 3. The van der Waals surface area contributed by atoms with Crippen molar-refractivity contribution in [1.29, 1.82) is 0 Å². The van der Waals surface area contributed by atoms with Gasteiger partial charge in [-0.15, -0.1) is 11.3 Å². The molecule has 0 spiro atoms. The molecule has 0 amide bonds. The van der Waals surface area contributed by atoms with Crippen LogP contribution in [0.3, 0.4) is 0 Å². The van der Waals surface area contributed by atoms with Gasteiger partial charge in [0.25, 0.3) is 0 Å². The molecule has 0 aliphatic carbocycles. The zero-order chi connectivity index (χ0) is 15.6. The predicted octanol–water partition coefficient (Wildman–Crippen LogP) is 4.43. The molecule has 0 N–H and O–H groups in total. The average Bonchev–Trinajstić information content (AvgIpc) is 3.16. The fraction of sp³-hybridized carbons (Fsp3) is 0.0556. The largest absolute Gasteiger partial charge is 0.497 e. The second-order valence-electron chi connectivity index (χ2n) is 4.97. The SMILES string of the molecule is COc1ccc2nc(-c3cccs3)nc(-c3ccccn3)c2c1. The van der Waals surface area contributed by atoms with Crippen LogP contribution in [0.4, 0.5) is 0 Å². The van der Waals surface area contributed by atoms with E-state index in [1.54, 1.807) is 24.6 Å². The lowest BCUT2D eigenvalue weighted by molar-refractivity contribution is 0.415. The van der Waals surface area contributed by atoms with Gasteiger partial charge >= 0.3 is 0 Å². The molecule has 0 aliphatic heterocycles. The van der Waals surface area contributed by atoms with Crippen molar-refractivity contribution in [3.05, 3.63) is 60.1 Å². The van der Waals surface area contributed by atoms with Crippen LogP contribution in [0, 0.1) is 0 Å². The van der Waals surface area contributed by atoms with E-state index in [4.69, 9.17) is 14.7 Å². The Labute approximate surface area is 137 Å². The zero-order valence-corrected chi connectivity index (χ0v) is 13.2. The van der Waals surface area contributed by atoms with Crippen molar-refractivity contribution in [2.24, 2.45) is 0 Å². The molecule has 3 heterocycles. The Morgan fingerprint density at radius 1 is 1.00 bits per heavy atom. The molecule has 5 heteroatoms. The number of nitrogens with zero attached hydrogens (tertiary/aromatic N) is 3. The highest BCUT2D eigenvalue weighted by Crippen LogP contribution is 2.31. The minimum atomic E-state index is 0.721. The zero-order valence-electron chi connectivity index (χ0n) is 12.4. The van der Waals surface area contributed by atoms with Crippen LogP contribution in [0.1, 0.15) is 0 Å². The van der Waals surface area contributed by atoms with Gasteiger partial charge < -0.3 is 4.74 Å². The van der Waals surface area contributed by atoms with Gasteiger partial charge in [0, 0.05) is 11.6 Å². The summed E-state index contributed by atoms with van der Waals surface area (Å²) in [5, 5.41) is 2.96. The molecule has 4 rings (SSSR count). The first-order chi connectivity index (χ1) is 11.3. The quantitative estimate of drug-likeness (QED) is 0.560. The smallest absolute Gasteiger partial charge is 0.170 e. The maximum atomic E-state index is 5.34. The maximum Gasteiger partial charge on any atom is 0.170 e. The summed E-state index contributed by atoms with van der Waals surface area (Å²) in [6.07, 6.45) is 1.77. The van der Waals surface area contributed by atoms with Crippen LogP contribution in [-0.4, -0.2) is 22.1 Å². The molecule has 0 atom stereocenters. The molecular formula is C18H13N3OS. The van der Waals surface area contributed by atoms with Crippen molar-refractivity contribution in [2.45, 2.75) is 0 Å². The van der Waals surface area contributed by atoms with Crippen molar-refractivity contribution in [1.82, 2.24) is 15.0 Å². The fourth-order valence-electron chi connectivity index (χ4n) is 2.45. The van der Waals surface area contributed by atoms with Gasteiger partial charge in [0.1, 0.15) is 11.4 Å². The van der Waals surface area contributed by atoms with E-state index in [2.05, 4.69) is 4.98 Å². The van der Waals surface area contributed by atoms with Gasteiger partial charge in [0.15, 0.2) is 5.82 Å². The summed E-state index contributed by atoms with van der Waals surface area (Å²) in [7, 11) is 1.66. The molecule has 3 aromatic heterocycles. The predicted molar refractivity (Wildman–Crippen MR) is 92.6 cm³/mol. The first-order valence-electron chi connectivity index (χ1n) is 7.16. The highest BCUT2D eigenvalue weighted by molar-refractivity contribution is 7.13.